The average Bonchev–Trinajstić information content (AvgIpc) is 4.16. The highest BCUT2D eigenvalue weighted by molar-refractivity contribution is 6.15. The molecule has 64 heavy (non-hydrogen) atoms. The SMILES string of the molecule is CC1CCC(C2CC2)C2(C1)OC(=O)C(=C/C=C/C=C/C1=C(O)OC3(CCC4(CC3)OC(=O)/C(=C/C=C/C=C/C3=C(O)OC5(CC(C)CCC5C5CC5)OC3=O)C(O)O4)OC1=O)C(=O)O2. The molecule has 342 valence electrons. The summed E-state index contributed by atoms with van der Waals surface area (Å²) >= 11 is 0. The molecule has 7 fully saturated rings. The third kappa shape index (κ3) is 8.53. The summed E-state index contributed by atoms with van der Waals surface area (Å²) in [7, 11) is 0. The van der Waals surface area contributed by atoms with Crippen molar-refractivity contribution in [2.75, 3.05) is 0 Å². The molecule has 0 aromatic heterocycles. The first kappa shape index (κ1) is 43.6. The van der Waals surface area contributed by atoms with Gasteiger partial charge in [0.1, 0.15) is 16.7 Å². The summed E-state index contributed by atoms with van der Waals surface area (Å²) in [6.45, 7) is 4.13. The van der Waals surface area contributed by atoms with E-state index in [1.54, 1.807) is 0 Å². The number of ether oxygens (including phenoxy) is 8. The van der Waals surface area contributed by atoms with Gasteiger partial charge < -0.3 is 53.2 Å². The summed E-state index contributed by atoms with van der Waals surface area (Å²) in [5.41, 5.74) is -0.859. The molecule has 16 heteroatoms. The Morgan fingerprint density at radius 2 is 0.969 bits per heavy atom. The van der Waals surface area contributed by atoms with Crippen molar-refractivity contribution in [3.05, 3.63) is 94.9 Å². The van der Waals surface area contributed by atoms with E-state index in [1.165, 1.54) is 60.8 Å². The van der Waals surface area contributed by atoms with Crippen molar-refractivity contribution < 1.29 is 77.2 Å². The monoisotopic (exact) mass is 886 g/mol. The summed E-state index contributed by atoms with van der Waals surface area (Å²) in [5, 5.41) is 32.3. The van der Waals surface area contributed by atoms with Crippen LogP contribution in [-0.2, 0) is 61.9 Å². The van der Waals surface area contributed by atoms with Crippen LogP contribution in [0, 0.1) is 35.5 Å². The van der Waals surface area contributed by atoms with E-state index in [2.05, 4.69) is 13.8 Å². The van der Waals surface area contributed by atoms with Gasteiger partial charge in [0, 0.05) is 50.4 Å². The molecule has 9 aliphatic rings. The van der Waals surface area contributed by atoms with Gasteiger partial charge in [-0.2, -0.15) is 0 Å². The summed E-state index contributed by atoms with van der Waals surface area (Å²) < 4.78 is 46.3. The standard InChI is InChI=1S/C48H54O16/c1-27-13-19-35(29-15-16-29)47(25-27)61-41(53)33(42(54)62-47)11-7-3-5-9-31-37(49)57-45(58-38(31)50)21-23-46(24-22-45)59-39(51)32(40(52)60-46)10-6-4-8-12-34-43(55)63-48(64-44(34)56)26-28(2)14-20-36(48)30-17-18-30/h3-12,27-30,35-37,49,51,53H,13-26H2,1-2H3/b5-3+,8-4+,10-6+,11-7+,31-9+,34-12?. The first-order valence-electron chi connectivity index (χ1n) is 22.5. The summed E-state index contributed by atoms with van der Waals surface area (Å²) in [6.07, 6.45) is 20.7. The number of rotatable bonds is 8. The fraction of sp³-hybridized carbons (Fsp3) is 0.562. The maximum absolute atomic E-state index is 13.1. The molecule has 0 aromatic rings. The van der Waals surface area contributed by atoms with Crippen molar-refractivity contribution in [1.82, 2.24) is 0 Å². The van der Waals surface area contributed by atoms with Crippen molar-refractivity contribution in [2.24, 2.45) is 35.5 Å². The van der Waals surface area contributed by atoms with Crippen LogP contribution in [0.15, 0.2) is 94.9 Å². The zero-order valence-corrected chi connectivity index (χ0v) is 35.9. The van der Waals surface area contributed by atoms with Gasteiger partial charge in [-0.1, -0.05) is 50.3 Å². The Bertz CT molecular complexity index is 2200. The molecule has 0 radical (unpaired) electrons. The highest BCUT2D eigenvalue weighted by atomic mass is 16.8. The summed E-state index contributed by atoms with van der Waals surface area (Å²) in [5.74, 6) is -9.20. The van der Waals surface area contributed by atoms with Gasteiger partial charge in [0.05, 0.1) is 5.57 Å². The van der Waals surface area contributed by atoms with Crippen LogP contribution in [0.2, 0.25) is 0 Å². The second-order valence-corrected chi connectivity index (χ2v) is 18.9. The van der Waals surface area contributed by atoms with Gasteiger partial charge in [0.2, 0.25) is 5.79 Å². The van der Waals surface area contributed by atoms with Crippen LogP contribution in [0.4, 0.5) is 0 Å². The number of carbonyl (C=O) groups excluding carboxylic acids is 5. The van der Waals surface area contributed by atoms with E-state index >= 15 is 0 Å². The molecular weight excluding hydrogens is 833 g/mol. The highest BCUT2D eigenvalue weighted by Crippen LogP contribution is 2.55. The number of aliphatic hydroxyl groups excluding tert-OH is 3. The van der Waals surface area contributed by atoms with Gasteiger partial charge in [-0.3, -0.25) is 0 Å². The van der Waals surface area contributed by atoms with E-state index < -0.39 is 71.2 Å². The fourth-order valence-corrected chi connectivity index (χ4v) is 10.5. The van der Waals surface area contributed by atoms with E-state index in [0.29, 0.717) is 24.7 Å². The minimum absolute atomic E-state index is 0.000585. The molecular formula is C48H54O16. The zero-order chi connectivity index (χ0) is 45.0. The molecule has 2 saturated heterocycles. The Kier molecular flexibility index (Phi) is 11.4. The van der Waals surface area contributed by atoms with Crippen LogP contribution in [0.1, 0.15) is 104 Å². The number of hydrogen-bond acceptors (Lipinski definition) is 16. The smallest absolute Gasteiger partial charge is 0.348 e. The van der Waals surface area contributed by atoms with Crippen LogP contribution < -0.4 is 0 Å². The van der Waals surface area contributed by atoms with Gasteiger partial charge in [-0.15, -0.1) is 0 Å². The quantitative estimate of drug-likeness (QED) is 0.0751. The fourth-order valence-electron chi connectivity index (χ4n) is 10.5. The molecule has 0 bridgehead atoms. The lowest BCUT2D eigenvalue weighted by molar-refractivity contribution is -0.335. The van der Waals surface area contributed by atoms with Crippen molar-refractivity contribution in [1.29, 1.82) is 0 Å². The largest absolute Gasteiger partial charge is 0.480 e. The number of hydrogen-bond donors (Lipinski definition) is 3. The van der Waals surface area contributed by atoms with E-state index in [1.807, 2.05) is 0 Å². The Morgan fingerprint density at radius 1 is 0.500 bits per heavy atom. The lowest BCUT2D eigenvalue weighted by atomic mass is 9.75. The maximum atomic E-state index is 13.1. The Labute approximate surface area is 369 Å². The Balaban J connectivity index is 0.765. The predicted molar refractivity (Wildman–Crippen MR) is 220 cm³/mol. The molecule has 6 atom stereocenters. The van der Waals surface area contributed by atoms with Gasteiger partial charge in [-0.25, -0.2) is 24.0 Å². The third-order valence-corrected chi connectivity index (χ3v) is 14.1. The first-order chi connectivity index (χ1) is 30.6. The van der Waals surface area contributed by atoms with E-state index in [0.717, 1.165) is 51.4 Å². The minimum atomic E-state index is -1.67. The Morgan fingerprint density at radius 3 is 1.48 bits per heavy atom. The minimum Gasteiger partial charge on any atom is -0.480 e. The van der Waals surface area contributed by atoms with E-state index in [4.69, 9.17) is 37.9 Å². The van der Waals surface area contributed by atoms with Gasteiger partial charge in [0.25, 0.3) is 29.3 Å². The lowest BCUT2D eigenvalue weighted by Crippen LogP contribution is -2.55. The lowest BCUT2D eigenvalue weighted by Gasteiger charge is -2.47. The third-order valence-electron chi connectivity index (χ3n) is 14.1. The van der Waals surface area contributed by atoms with Crippen LogP contribution in [0.5, 0.6) is 0 Å². The van der Waals surface area contributed by atoms with Gasteiger partial charge >= 0.3 is 29.8 Å². The molecule has 0 amide bonds. The number of aliphatic hydroxyl groups is 3. The maximum Gasteiger partial charge on any atom is 0.348 e. The molecule has 4 aliphatic heterocycles. The van der Waals surface area contributed by atoms with E-state index in [9.17, 15) is 39.3 Å². The molecule has 3 N–H and O–H groups in total. The van der Waals surface area contributed by atoms with E-state index in [-0.39, 0.29) is 71.6 Å². The van der Waals surface area contributed by atoms with Crippen LogP contribution in [0.25, 0.3) is 0 Å². The van der Waals surface area contributed by atoms with Crippen molar-refractivity contribution >= 4 is 29.8 Å². The molecule has 16 nitrogen and oxygen atoms in total. The van der Waals surface area contributed by atoms with Gasteiger partial charge in [0.15, 0.2) is 6.29 Å². The van der Waals surface area contributed by atoms with Gasteiger partial charge in [-0.05, 0) is 99.3 Å². The molecule has 5 saturated carbocycles. The average molecular weight is 887 g/mol. The molecule has 6 unspecified atom stereocenters. The predicted octanol–water partition coefficient (Wildman–Crippen LogP) is 6.79. The summed E-state index contributed by atoms with van der Waals surface area (Å²) in [4.78, 5) is 65.2. The normalized spacial score (nSPS) is 39.0. The second kappa shape index (κ2) is 16.7. The topological polar surface area (TPSA) is 220 Å². The molecule has 4 spiro atoms. The van der Waals surface area contributed by atoms with Crippen molar-refractivity contribution in [3.8, 4) is 0 Å². The Hall–Kier alpha value is -5.61. The second-order valence-electron chi connectivity index (χ2n) is 18.9. The molecule has 4 heterocycles. The molecule has 5 aliphatic carbocycles. The van der Waals surface area contributed by atoms with Crippen LogP contribution >= 0.6 is 0 Å². The van der Waals surface area contributed by atoms with Crippen LogP contribution in [0.3, 0.4) is 0 Å². The zero-order valence-electron chi connectivity index (χ0n) is 35.9. The van der Waals surface area contributed by atoms with Crippen LogP contribution in [-0.4, -0.2) is 74.6 Å². The number of allylic oxidation sites excluding steroid dienone is 8. The van der Waals surface area contributed by atoms with Crippen molar-refractivity contribution in [2.45, 2.75) is 133 Å². The summed E-state index contributed by atoms with van der Waals surface area (Å²) in [6, 6.07) is 0. The number of esters is 5. The molecule has 9 rings (SSSR count). The first-order valence-corrected chi connectivity index (χ1v) is 22.5. The molecule has 0 aromatic carbocycles. The highest BCUT2D eigenvalue weighted by Gasteiger charge is 2.59. The van der Waals surface area contributed by atoms with Crippen molar-refractivity contribution in [3.63, 3.8) is 0 Å². The number of carbonyl (C=O) groups is 5.